The maximum Gasteiger partial charge on any atom is 0.158 e. The van der Waals surface area contributed by atoms with Crippen LogP contribution in [0, 0.1) is 17.3 Å². The van der Waals surface area contributed by atoms with E-state index in [4.69, 9.17) is 4.74 Å². The first kappa shape index (κ1) is 16.7. The van der Waals surface area contributed by atoms with Crippen LogP contribution in [0.25, 0.3) is 0 Å². The van der Waals surface area contributed by atoms with E-state index in [0.29, 0.717) is 6.04 Å². The Kier molecular flexibility index (Phi) is 5.40. The van der Waals surface area contributed by atoms with Gasteiger partial charge in [-0.25, -0.2) is 0 Å². The van der Waals surface area contributed by atoms with Crippen molar-refractivity contribution in [1.29, 1.82) is 0 Å². The van der Waals surface area contributed by atoms with E-state index in [9.17, 15) is 0 Å². The zero-order valence-corrected chi connectivity index (χ0v) is 14.7. The van der Waals surface area contributed by atoms with Gasteiger partial charge in [-0.1, -0.05) is 31.8 Å². The van der Waals surface area contributed by atoms with Gasteiger partial charge in [-0.3, -0.25) is 0 Å². The molecule has 0 saturated heterocycles. The van der Waals surface area contributed by atoms with Gasteiger partial charge in [0.2, 0.25) is 0 Å². The van der Waals surface area contributed by atoms with Gasteiger partial charge < -0.3 is 9.64 Å². The van der Waals surface area contributed by atoms with E-state index in [1.54, 1.807) is 0 Å². The fourth-order valence-corrected chi connectivity index (χ4v) is 2.60. The van der Waals surface area contributed by atoms with Gasteiger partial charge in [-0.05, 0) is 52.2 Å². The van der Waals surface area contributed by atoms with Gasteiger partial charge in [0.15, 0.2) is 5.75 Å². The number of fused-ring (bicyclic) bond motifs is 1. The van der Waals surface area contributed by atoms with E-state index >= 15 is 0 Å². The monoisotopic (exact) mass is 299 g/mol. The van der Waals surface area contributed by atoms with Gasteiger partial charge in [-0.15, -0.1) is 0 Å². The standard InChI is InChI=1S/C18H23NO.C2H6/c1-14(2)19-12-5-13-20-17-15(6-4-7-16(17)19)8-9-18(3)10-11-18;1-2/h4,6-7,14H,5,10-13H2,1-3H3;1-2H3. The molecule has 0 N–H and O–H groups in total. The molecule has 120 valence electrons. The molecule has 0 atom stereocenters. The van der Waals surface area contributed by atoms with Crippen molar-refractivity contribution in [2.75, 3.05) is 18.1 Å². The van der Waals surface area contributed by atoms with E-state index in [0.717, 1.165) is 30.9 Å². The lowest BCUT2D eigenvalue weighted by Gasteiger charge is -2.28. The molecule has 1 aromatic rings. The minimum Gasteiger partial charge on any atom is -0.490 e. The van der Waals surface area contributed by atoms with Gasteiger partial charge in [0, 0.05) is 18.0 Å². The molecule has 1 aliphatic carbocycles. The summed E-state index contributed by atoms with van der Waals surface area (Å²) in [6.45, 7) is 12.5. The quantitative estimate of drug-likeness (QED) is 0.687. The molecule has 2 heteroatoms. The number of hydrogen-bond donors (Lipinski definition) is 0. The lowest BCUT2D eigenvalue weighted by molar-refractivity contribution is 0.321. The van der Waals surface area contributed by atoms with Crippen LogP contribution in [0.3, 0.4) is 0 Å². The molecular weight excluding hydrogens is 270 g/mol. The summed E-state index contributed by atoms with van der Waals surface area (Å²) in [5.41, 5.74) is 2.50. The van der Waals surface area contributed by atoms with Crippen molar-refractivity contribution in [3.8, 4) is 17.6 Å². The molecule has 0 amide bonds. The zero-order valence-electron chi connectivity index (χ0n) is 14.7. The lowest BCUT2D eigenvalue weighted by Crippen LogP contribution is -2.31. The third-order valence-corrected chi connectivity index (χ3v) is 4.22. The van der Waals surface area contributed by atoms with Crippen molar-refractivity contribution in [1.82, 2.24) is 0 Å². The summed E-state index contributed by atoms with van der Waals surface area (Å²) < 4.78 is 6.00. The van der Waals surface area contributed by atoms with Crippen molar-refractivity contribution >= 4 is 5.69 Å². The Morgan fingerprint density at radius 3 is 2.59 bits per heavy atom. The van der Waals surface area contributed by atoms with Gasteiger partial charge in [0.1, 0.15) is 0 Å². The SMILES string of the molecule is CC.CC(C)N1CCCOc2c(C#CC3(C)CC3)cccc21. The Morgan fingerprint density at radius 2 is 1.95 bits per heavy atom. The molecule has 3 rings (SSSR count). The van der Waals surface area contributed by atoms with Gasteiger partial charge in [0.25, 0.3) is 0 Å². The van der Waals surface area contributed by atoms with Crippen molar-refractivity contribution < 1.29 is 4.74 Å². The molecule has 1 aliphatic heterocycles. The summed E-state index contributed by atoms with van der Waals surface area (Å²) >= 11 is 0. The maximum absolute atomic E-state index is 6.00. The molecular formula is C20H29NO. The first-order valence-corrected chi connectivity index (χ1v) is 8.65. The number of hydrogen-bond acceptors (Lipinski definition) is 2. The Bertz CT molecular complexity index is 561. The smallest absolute Gasteiger partial charge is 0.158 e. The van der Waals surface area contributed by atoms with Gasteiger partial charge >= 0.3 is 0 Å². The van der Waals surface area contributed by atoms with E-state index < -0.39 is 0 Å². The highest BCUT2D eigenvalue weighted by molar-refractivity contribution is 5.66. The molecule has 0 bridgehead atoms. The second-order valence-electron chi connectivity index (χ2n) is 6.45. The van der Waals surface area contributed by atoms with Crippen molar-refractivity contribution in [3.05, 3.63) is 23.8 Å². The van der Waals surface area contributed by atoms with Crippen LogP contribution in [-0.4, -0.2) is 19.2 Å². The van der Waals surface area contributed by atoms with Crippen LogP contribution in [0.1, 0.15) is 59.4 Å². The highest BCUT2D eigenvalue weighted by Crippen LogP contribution is 2.44. The molecule has 2 nitrogen and oxygen atoms in total. The van der Waals surface area contributed by atoms with Crippen molar-refractivity contribution in [3.63, 3.8) is 0 Å². The topological polar surface area (TPSA) is 12.5 Å². The van der Waals surface area contributed by atoms with Crippen molar-refractivity contribution in [2.24, 2.45) is 5.41 Å². The fourth-order valence-electron chi connectivity index (χ4n) is 2.60. The normalized spacial score (nSPS) is 18.0. The minimum atomic E-state index is 0.255. The van der Waals surface area contributed by atoms with E-state index in [-0.39, 0.29) is 5.41 Å². The zero-order chi connectivity index (χ0) is 16.2. The average Bonchev–Trinajstić information content (AvgIpc) is 3.29. The molecule has 1 aromatic carbocycles. The number of anilines is 1. The summed E-state index contributed by atoms with van der Waals surface area (Å²) in [5, 5.41) is 0. The Balaban J connectivity index is 0.000000847. The second-order valence-corrected chi connectivity index (χ2v) is 6.45. The number of ether oxygens (including phenoxy) is 1. The largest absolute Gasteiger partial charge is 0.490 e. The first-order chi connectivity index (χ1) is 10.6. The van der Waals surface area contributed by atoms with Gasteiger partial charge in [0.05, 0.1) is 17.9 Å². The van der Waals surface area contributed by atoms with Crippen molar-refractivity contribution in [2.45, 2.75) is 59.9 Å². The molecule has 0 radical (unpaired) electrons. The van der Waals surface area contributed by atoms with E-state index in [1.165, 1.54) is 18.5 Å². The van der Waals surface area contributed by atoms with E-state index in [1.807, 2.05) is 13.8 Å². The van der Waals surface area contributed by atoms with Crippen LogP contribution in [0.4, 0.5) is 5.69 Å². The summed E-state index contributed by atoms with van der Waals surface area (Å²) in [5.74, 6) is 7.76. The number of nitrogens with zero attached hydrogens (tertiary/aromatic N) is 1. The molecule has 0 aromatic heterocycles. The Labute approximate surface area is 135 Å². The molecule has 1 heterocycles. The summed E-state index contributed by atoms with van der Waals surface area (Å²) in [4.78, 5) is 2.42. The molecule has 0 spiro atoms. The number of benzene rings is 1. The molecule has 1 fully saturated rings. The van der Waals surface area contributed by atoms with Crippen LogP contribution in [0.15, 0.2) is 18.2 Å². The molecule has 0 unspecified atom stereocenters. The Hall–Kier alpha value is -1.62. The molecule has 1 saturated carbocycles. The van der Waals surface area contributed by atoms with E-state index in [2.05, 4.69) is 55.7 Å². The first-order valence-electron chi connectivity index (χ1n) is 8.65. The second kappa shape index (κ2) is 7.09. The fraction of sp³-hybridized carbons (Fsp3) is 0.600. The number of rotatable bonds is 1. The molecule has 2 aliphatic rings. The third kappa shape index (κ3) is 3.77. The van der Waals surface area contributed by atoms with Gasteiger partial charge in [-0.2, -0.15) is 0 Å². The highest BCUT2D eigenvalue weighted by Gasteiger charge is 2.35. The summed E-state index contributed by atoms with van der Waals surface area (Å²) in [6.07, 6.45) is 3.53. The average molecular weight is 299 g/mol. The highest BCUT2D eigenvalue weighted by atomic mass is 16.5. The lowest BCUT2D eigenvalue weighted by atomic mass is 10.1. The Morgan fingerprint density at radius 1 is 1.23 bits per heavy atom. The maximum atomic E-state index is 6.00. The van der Waals surface area contributed by atoms with Crippen LogP contribution in [-0.2, 0) is 0 Å². The van der Waals surface area contributed by atoms with Crippen LogP contribution in [0.5, 0.6) is 5.75 Å². The summed E-state index contributed by atoms with van der Waals surface area (Å²) in [6, 6.07) is 6.83. The summed E-state index contributed by atoms with van der Waals surface area (Å²) in [7, 11) is 0. The van der Waals surface area contributed by atoms with Crippen LogP contribution >= 0.6 is 0 Å². The number of para-hydroxylation sites is 1. The van der Waals surface area contributed by atoms with Crippen LogP contribution < -0.4 is 9.64 Å². The van der Waals surface area contributed by atoms with Crippen LogP contribution in [0.2, 0.25) is 0 Å². The predicted molar refractivity (Wildman–Crippen MR) is 94.6 cm³/mol. The molecule has 22 heavy (non-hydrogen) atoms. The predicted octanol–water partition coefficient (Wildman–Crippen LogP) is 4.86. The third-order valence-electron chi connectivity index (χ3n) is 4.22. The minimum absolute atomic E-state index is 0.255.